The van der Waals surface area contributed by atoms with E-state index in [1.165, 1.54) is 0 Å². The van der Waals surface area contributed by atoms with E-state index in [0.717, 1.165) is 11.1 Å². The molecular formula is C17H17N3O2. The number of carbonyl (C=O) groups excluding carboxylic acids is 1. The number of amides is 1. The number of aromatic nitrogens is 2. The molecule has 2 N–H and O–H groups in total. The van der Waals surface area contributed by atoms with Crippen LogP contribution in [0.5, 0.6) is 0 Å². The van der Waals surface area contributed by atoms with Crippen LogP contribution >= 0.6 is 0 Å². The fourth-order valence-corrected chi connectivity index (χ4v) is 2.71. The van der Waals surface area contributed by atoms with Gasteiger partial charge in [0.2, 0.25) is 11.8 Å². The predicted octanol–water partition coefficient (Wildman–Crippen LogP) is 2.53. The Morgan fingerprint density at radius 1 is 1.36 bits per heavy atom. The molecule has 0 aliphatic heterocycles. The Kier molecular flexibility index (Phi) is 3.63. The summed E-state index contributed by atoms with van der Waals surface area (Å²) in [5.41, 5.74) is 7.04. The molecule has 1 amide bonds. The van der Waals surface area contributed by atoms with E-state index in [-0.39, 0.29) is 12.3 Å². The van der Waals surface area contributed by atoms with Crippen molar-refractivity contribution in [3.63, 3.8) is 0 Å². The molecule has 1 aliphatic rings. The summed E-state index contributed by atoms with van der Waals surface area (Å²) in [6.45, 7) is 1.73. The molecule has 5 heteroatoms. The zero-order valence-electron chi connectivity index (χ0n) is 12.3. The summed E-state index contributed by atoms with van der Waals surface area (Å²) in [7, 11) is 0. The number of hydrogen-bond donors (Lipinski definition) is 1. The van der Waals surface area contributed by atoms with Gasteiger partial charge in [-0.2, -0.15) is 4.98 Å². The SMILES string of the molecule is Cc1nc(C2(CC(N)=O)C=CC(c3ccccc3)=CC2)no1. The monoisotopic (exact) mass is 295 g/mol. The van der Waals surface area contributed by atoms with Crippen molar-refractivity contribution >= 4 is 11.5 Å². The smallest absolute Gasteiger partial charge is 0.223 e. The molecule has 1 aromatic heterocycles. The van der Waals surface area contributed by atoms with Crippen LogP contribution in [0.1, 0.15) is 30.1 Å². The van der Waals surface area contributed by atoms with Gasteiger partial charge in [0.05, 0.1) is 5.41 Å². The number of carbonyl (C=O) groups is 1. The lowest BCUT2D eigenvalue weighted by Crippen LogP contribution is -2.32. The quantitative estimate of drug-likeness (QED) is 0.939. The molecule has 2 aromatic rings. The van der Waals surface area contributed by atoms with Crippen molar-refractivity contribution in [2.24, 2.45) is 5.73 Å². The Bertz CT molecular complexity index is 746. The van der Waals surface area contributed by atoms with Crippen LogP contribution in [-0.2, 0) is 10.2 Å². The minimum absolute atomic E-state index is 0.154. The first kappa shape index (κ1) is 14.3. The molecule has 0 fully saturated rings. The molecule has 1 aromatic carbocycles. The average molecular weight is 295 g/mol. The lowest BCUT2D eigenvalue weighted by molar-refractivity contribution is -0.119. The van der Waals surface area contributed by atoms with Crippen molar-refractivity contribution in [1.29, 1.82) is 0 Å². The molecule has 0 saturated heterocycles. The van der Waals surface area contributed by atoms with Crippen molar-refractivity contribution < 1.29 is 9.32 Å². The molecule has 0 bridgehead atoms. The number of primary amides is 1. The third kappa shape index (κ3) is 2.70. The number of benzene rings is 1. The van der Waals surface area contributed by atoms with E-state index >= 15 is 0 Å². The number of aryl methyl sites for hydroxylation is 1. The molecule has 1 unspecified atom stereocenters. The van der Waals surface area contributed by atoms with Crippen LogP contribution in [0.3, 0.4) is 0 Å². The van der Waals surface area contributed by atoms with Crippen molar-refractivity contribution in [1.82, 2.24) is 10.1 Å². The number of nitrogens with two attached hydrogens (primary N) is 1. The van der Waals surface area contributed by atoms with E-state index in [1.807, 2.05) is 30.4 Å². The second-order valence-corrected chi connectivity index (χ2v) is 5.50. The van der Waals surface area contributed by atoms with Gasteiger partial charge in [-0.05, 0) is 17.6 Å². The summed E-state index contributed by atoms with van der Waals surface area (Å²) in [6, 6.07) is 10.1. The lowest BCUT2D eigenvalue weighted by atomic mass is 9.75. The van der Waals surface area contributed by atoms with Crippen molar-refractivity contribution in [3.05, 3.63) is 65.8 Å². The minimum atomic E-state index is -0.623. The van der Waals surface area contributed by atoms with Gasteiger partial charge in [-0.3, -0.25) is 4.79 Å². The fourth-order valence-electron chi connectivity index (χ4n) is 2.71. The Hall–Kier alpha value is -2.69. The molecule has 22 heavy (non-hydrogen) atoms. The summed E-state index contributed by atoms with van der Waals surface area (Å²) in [6.07, 6.45) is 6.80. The first-order valence-corrected chi connectivity index (χ1v) is 7.13. The maximum atomic E-state index is 11.5. The molecule has 1 aliphatic carbocycles. The van der Waals surface area contributed by atoms with Crippen LogP contribution < -0.4 is 5.73 Å². The van der Waals surface area contributed by atoms with Crippen molar-refractivity contribution in [2.75, 3.05) is 0 Å². The fraction of sp³-hybridized carbons (Fsp3) is 0.235. The normalized spacial score (nSPS) is 20.7. The van der Waals surface area contributed by atoms with E-state index in [9.17, 15) is 4.79 Å². The van der Waals surface area contributed by atoms with E-state index in [2.05, 4.69) is 28.3 Å². The Balaban J connectivity index is 1.93. The number of nitrogens with zero attached hydrogens (tertiary/aromatic N) is 2. The van der Waals surface area contributed by atoms with E-state index in [1.54, 1.807) is 6.92 Å². The average Bonchev–Trinajstić information content (AvgIpc) is 2.95. The van der Waals surface area contributed by atoms with Gasteiger partial charge < -0.3 is 10.3 Å². The second-order valence-electron chi connectivity index (χ2n) is 5.50. The van der Waals surface area contributed by atoms with E-state index < -0.39 is 5.41 Å². The summed E-state index contributed by atoms with van der Waals surface area (Å²) in [5, 5.41) is 3.99. The second kappa shape index (κ2) is 5.60. The van der Waals surface area contributed by atoms with Crippen LogP contribution in [0.15, 0.2) is 53.1 Å². The Morgan fingerprint density at radius 3 is 2.68 bits per heavy atom. The highest BCUT2D eigenvalue weighted by atomic mass is 16.5. The van der Waals surface area contributed by atoms with Gasteiger partial charge >= 0.3 is 0 Å². The highest BCUT2D eigenvalue weighted by molar-refractivity contribution is 5.79. The predicted molar refractivity (Wildman–Crippen MR) is 82.7 cm³/mol. The summed E-state index contributed by atoms with van der Waals surface area (Å²) < 4.78 is 5.07. The molecule has 1 atom stereocenters. The van der Waals surface area contributed by atoms with Gasteiger partial charge in [0.15, 0.2) is 5.82 Å². The van der Waals surface area contributed by atoms with Crippen LogP contribution in [0.2, 0.25) is 0 Å². The molecule has 0 radical (unpaired) electrons. The van der Waals surface area contributed by atoms with Gasteiger partial charge in [-0.1, -0.05) is 53.7 Å². The van der Waals surface area contributed by atoms with Crippen LogP contribution in [0.25, 0.3) is 5.57 Å². The van der Waals surface area contributed by atoms with Crippen LogP contribution in [0, 0.1) is 6.92 Å². The maximum absolute atomic E-state index is 11.5. The largest absolute Gasteiger partial charge is 0.370 e. The summed E-state index contributed by atoms with van der Waals surface area (Å²) >= 11 is 0. The zero-order valence-corrected chi connectivity index (χ0v) is 12.3. The van der Waals surface area contributed by atoms with Gasteiger partial charge in [0, 0.05) is 13.3 Å². The highest BCUT2D eigenvalue weighted by Crippen LogP contribution is 2.37. The standard InChI is InChI=1S/C17H17N3O2/c1-12-19-16(20-22-12)17(11-15(18)21)9-7-14(8-10-17)13-5-3-2-4-6-13/h2-9H,10-11H2,1H3,(H2,18,21). The number of allylic oxidation sites excluding steroid dienone is 4. The van der Waals surface area contributed by atoms with Gasteiger partial charge in [0.1, 0.15) is 0 Å². The molecular weight excluding hydrogens is 278 g/mol. The molecule has 3 rings (SSSR count). The molecule has 112 valence electrons. The van der Waals surface area contributed by atoms with Gasteiger partial charge in [-0.25, -0.2) is 0 Å². The molecule has 0 spiro atoms. The van der Waals surface area contributed by atoms with Crippen LogP contribution in [-0.4, -0.2) is 16.0 Å². The zero-order chi connectivity index (χ0) is 15.6. The minimum Gasteiger partial charge on any atom is -0.370 e. The molecule has 0 saturated carbocycles. The van der Waals surface area contributed by atoms with E-state index in [0.29, 0.717) is 18.1 Å². The van der Waals surface area contributed by atoms with Crippen LogP contribution in [0.4, 0.5) is 0 Å². The Labute approximate surface area is 128 Å². The third-order valence-electron chi connectivity index (χ3n) is 3.84. The highest BCUT2D eigenvalue weighted by Gasteiger charge is 2.37. The maximum Gasteiger partial charge on any atom is 0.223 e. The molecule has 5 nitrogen and oxygen atoms in total. The third-order valence-corrected chi connectivity index (χ3v) is 3.84. The first-order valence-electron chi connectivity index (χ1n) is 7.13. The Morgan fingerprint density at radius 2 is 2.14 bits per heavy atom. The summed E-state index contributed by atoms with van der Waals surface area (Å²) in [4.78, 5) is 15.8. The van der Waals surface area contributed by atoms with Gasteiger partial charge in [-0.15, -0.1) is 0 Å². The van der Waals surface area contributed by atoms with Gasteiger partial charge in [0.25, 0.3) is 0 Å². The van der Waals surface area contributed by atoms with Crippen molar-refractivity contribution in [2.45, 2.75) is 25.2 Å². The number of rotatable bonds is 4. The first-order chi connectivity index (χ1) is 10.6. The summed E-state index contributed by atoms with van der Waals surface area (Å²) in [5.74, 6) is 0.595. The number of hydrogen-bond acceptors (Lipinski definition) is 4. The molecule has 1 heterocycles. The lowest BCUT2D eigenvalue weighted by Gasteiger charge is -2.28. The topological polar surface area (TPSA) is 82.0 Å². The van der Waals surface area contributed by atoms with Crippen molar-refractivity contribution in [3.8, 4) is 0 Å². The van der Waals surface area contributed by atoms with E-state index in [4.69, 9.17) is 10.3 Å².